The van der Waals surface area contributed by atoms with Gasteiger partial charge in [0.2, 0.25) is 11.0 Å². The van der Waals surface area contributed by atoms with Gasteiger partial charge in [-0.2, -0.15) is 0 Å². The number of nitrogens with zero attached hydrogens (tertiary/aromatic N) is 2. The number of amides is 1. The summed E-state index contributed by atoms with van der Waals surface area (Å²) in [7, 11) is 0. The van der Waals surface area contributed by atoms with Gasteiger partial charge in [-0.25, -0.2) is 0 Å². The molecule has 0 unspecified atom stereocenters. The first kappa shape index (κ1) is 21.0. The van der Waals surface area contributed by atoms with Gasteiger partial charge in [-0.3, -0.25) is 14.5 Å². The minimum atomic E-state index is -0.222. The van der Waals surface area contributed by atoms with Crippen LogP contribution in [0.25, 0.3) is 0 Å². The summed E-state index contributed by atoms with van der Waals surface area (Å²) in [5.74, 6) is 0.231. The predicted molar refractivity (Wildman–Crippen MR) is 110 cm³/mol. The van der Waals surface area contributed by atoms with E-state index < -0.39 is 0 Å². The van der Waals surface area contributed by atoms with Crippen LogP contribution in [0.1, 0.15) is 55.1 Å². The van der Waals surface area contributed by atoms with Crippen molar-refractivity contribution in [1.82, 2.24) is 9.80 Å². The highest BCUT2D eigenvalue weighted by Crippen LogP contribution is 2.20. The van der Waals surface area contributed by atoms with E-state index in [2.05, 4.69) is 38.3 Å². The number of carbonyl (C=O) groups excluding carboxylic acids is 2. The molecule has 0 radical (unpaired) electrons. The largest absolute Gasteiger partial charge is 0.340 e. The summed E-state index contributed by atoms with van der Waals surface area (Å²) in [6, 6.07) is 5.58. The van der Waals surface area contributed by atoms with Crippen LogP contribution in [0.5, 0.6) is 0 Å². The smallest absolute Gasteiger partial charge is 0.222 e. The van der Waals surface area contributed by atoms with E-state index in [-0.39, 0.29) is 11.0 Å². The van der Waals surface area contributed by atoms with Crippen LogP contribution in [-0.2, 0) is 11.2 Å². The molecule has 1 fully saturated rings. The Morgan fingerprint density at radius 2 is 1.77 bits per heavy atom. The third-order valence-corrected chi connectivity index (χ3v) is 5.36. The SMILES string of the molecule is Cc1cc(C(=O)S)ccc1CCC(=O)N1CCN(CCC(C)(C)C)CC1. The number of rotatable bonds is 6. The number of carbonyl (C=O) groups is 2. The van der Waals surface area contributed by atoms with Gasteiger partial charge in [-0.05, 0) is 48.9 Å². The lowest BCUT2D eigenvalue weighted by molar-refractivity contribution is -0.132. The quantitative estimate of drug-likeness (QED) is 0.772. The average Bonchev–Trinajstić information content (AvgIpc) is 2.58. The Morgan fingerprint density at radius 3 is 2.31 bits per heavy atom. The summed E-state index contributed by atoms with van der Waals surface area (Å²) >= 11 is 3.86. The third-order valence-electron chi connectivity index (χ3n) is 5.10. The molecule has 1 heterocycles. The third kappa shape index (κ3) is 6.44. The second kappa shape index (κ2) is 9.05. The zero-order chi connectivity index (χ0) is 19.3. The van der Waals surface area contributed by atoms with Crippen molar-refractivity contribution in [1.29, 1.82) is 0 Å². The van der Waals surface area contributed by atoms with Crippen LogP contribution < -0.4 is 0 Å². The van der Waals surface area contributed by atoms with Crippen molar-refractivity contribution in [2.24, 2.45) is 5.41 Å². The Bertz CT molecular complexity index is 644. The van der Waals surface area contributed by atoms with Gasteiger partial charge in [0.15, 0.2) is 0 Å². The molecule has 0 aliphatic carbocycles. The van der Waals surface area contributed by atoms with Gasteiger partial charge >= 0.3 is 0 Å². The number of benzene rings is 1. The average molecular weight is 377 g/mol. The molecule has 0 aromatic heterocycles. The van der Waals surface area contributed by atoms with Crippen molar-refractivity contribution < 1.29 is 9.59 Å². The Morgan fingerprint density at radius 1 is 1.12 bits per heavy atom. The van der Waals surface area contributed by atoms with Gasteiger partial charge in [-0.1, -0.05) is 32.9 Å². The topological polar surface area (TPSA) is 40.6 Å². The van der Waals surface area contributed by atoms with E-state index >= 15 is 0 Å². The van der Waals surface area contributed by atoms with Gasteiger partial charge in [0.25, 0.3) is 0 Å². The molecule has 144 valence electrons. The van der Waals surface area contributed by atoms with Gasteiger partial charge in [0, 0.05) is 38.2 Å². The molecule has 1 amide bonds. The predicted octanol–water partition coefficient (Wildman–Crippen LogP) is 3.58. The minimum Gasteiger partial charge on any atom is -0.340 e. The van der Waals surface area contributed by atoms with E-state index in [0.29, 0.717) is 17.4 Å². The number of piperazine rings is 1. The van der Waals surface area contributed by atoms with E-state index in [4.69, 9.17) is 0 Å². The molecule has 1 saturated heterocycles. The molecule has 1 aromatic carbocycles. The zero-order valence-electron chi connectivity index (χ0n) is 16.5. The Balaban J connectivity index is 1.78. The summed E-state index contributed by atoms with van der Waals surface area (Å²) in [4.78, 5) is 28.3. The van der Waals surface area contributed by atoms with Crippen molar-refractivity contribution in [2.45, 2.75) is 47.0 Å². The van der Waals surface area contributed by atoms with Gasteiger partial charge in [0.1, 0.15) is 0 Å². The maximum absolute atomic E-state index is 12.5. The molecule has 1 aliphatic heterocycles. The Labute approximate surface area is 163 Å². The van der Waals surface area contributed by atoms with Gasteiger partial charge in [-0.15, -0.1) is 12.6 Å². The molecule has 0 bridgehead atoms. The van der Waals surface area contributed by atoms with Crippen LogP contribution in [0.15, 0.2) is 18.2 Å². The fourth-order valence-electron chi connectivity index (χ4n) is 3.22. The summed E-state index contributed by atoms with van der Waals surface area (Å²) in [5.41, 5.74) is 3.13. The number of hydrogen-bond acceptors (Lipinski definition) is 3. The van der Waals surface area contributed by atoms with Crippen LogP contribution in [-0.4, -0.2) is 53.5 Å². The van der Waals surface area contributed by atoms with Crippen LogP contribution in [0.4, 0.5) is 0 Å². The monoisotopic (exact) mass is 376 g/mol. The molecule has 0 spiro atoms. The maximum Gasteiger partial charge on any atom is 0.222 e. The first-order chi connectivity index (χ1) is 12.2. The molecular weight excluding hydrogens is 344 g/mol. The highest BCUT2D eigenvalue weighted by Gasteiger charge is 2.22. The van der Waals surface area contributed by atoms with Crippen molar-refractivity contribution in [3.63, 3.8) is 0 Å². The summed E-state index contributed by atoms with van der Waals surface area (Å²) in [5, 5.41) is -0.222. The molecular formula is C21H32N2O2S. The van der Waals surface area contributed by atoms with Crippen molar-refractivity contribution in [3.05, 3.63) is 34.9 Å². The fourth-order valence-corrected chi connectivity index (χ4v) is 3.36. The van der Waals surface area contributed by atoms with E-state index in [1.165, 1.54) is 6.42 Å². The standard InChI is InChI=1S/C21H32N2O2S/c1-16-15-18(20(25)26)6-5-17(16)7-8-19(24)23-13-11-22(12-14-23)10-9-21(2,3)4/h5-6,15H,7-14H2,1-4H3,(H,25,26). The van der Waals surface area contributed by atoms with Crippen LogP contribution >= 0.6 is 12.6 Å². The first-order valence-electron chi connectivity index (χ1n) is 9.49. The van der Waals surface area contributed by atoms with Crippen LogP contribution in [0.2, 0.25) is 0 Å². The van der Waals surface area contributed by atoms with Gasteiger partial charge in [0.05, 0.1) is 0 Å². The second-order valence-electron chi connectivity index (χ2n) is 8.48. The fraction of sp³-hybridized carbons (Fsp3) is 0.619. The van der Waals surface area contributed by atoms with Crippen LogP contribution in [0.3, 0.4) is 0 Å². The molecule has 0 saturated carbocycles. The zero-order valence-corrected chi connectivity index (χ0v) is 17.4. The lowest BCUT2D eigenvalue weighted by atomic mass is 9.92. The van der Waals surface area contributed by atoms with Crippen molar-refractivity contribution >= 4 is 23.7 Å². The Kier molecular flexibility index (Phi) is 7.30. The molecule has 0 N–H and O–H groups in total. The highest BCUT2D eigenvalue weighted by molar-refractivity contribution is 7.97. The summed E-state index contributed by atoms with van der Waals surface area (Å²) < 4.78 is 0. The molecule has 5 heteroatoms. The molecule has 1 aliphatic rings. The molecule has 0 atom stereocenters. The van der Waals surface area contributed by atoms with Crippen molar-refractivity contribution in [2.75, 3.05) is 32.7 Å². The minimum absolute atomic E-state index is 0.222. The second-order valence-corrected chi connectivity index (χ2v) is 8.89. The molecule has 2 rings (SSSR count). The lowest BCUT2D eigenvalue weighted by Gasteiger charge is -2.36. The number of thiol groups is 1. The Hall–Kier alpha value is -1.33. The van der Waals surface area contributed by atoms with Gasteiger partial charge < -0.3 is 4.90 Å². The number of aryl methyl sites for hydroxylation is 2. The molecule has 4 nitrogen and oxygen atoms in total. The first-order valence-corrected chi connectivity index (χ1v) is 9.93. The summed E-state index contributed by atoms with van der Waals surface area (Å²) in [6.45, 7) is 13.5. The van der Waals surface area contributed by atoms with Crippen LogP contribution in [0, 0.1) is 12.3 Å². The van der Waals surface area contributed by atoms with E-state index in [1.807, 2.05) is 24.0 Å². The normalized spacial score (nSPS) is 16.0. The summed E-state index contributed by atoms with van der Waals surface area (Å²) in [6.07, 6.45) is 2.43. The number of hydrogen-bond donors (Lipinski definition) is 1. The lowest BCUT2D eigenvalue weighted by Crippen LogP contribution is -2.49. The van der Waals surface area contributed by atoms with E-state index in [0.717, 1.165) is 50.3 Å². The molecule has 1 aromatic rings. The van der Waals surface area contributed by atoms with E-state index in [9.17, 15) is 9.59 Å². The van der Waals surface area contributed by atoms with Crippen molar-refractivity contribution in [3.8, 4) is 0 Å². The maximum atomic E-state index is 12.5. The highest BCUT2D eigenvalue weighted by atomic mass is 32.1. The molecule has 26 heavy (non-hydrogen) atoms. The van der Waals surface area contributed by atoms with E-state index in [1.54, 1.807) is 6.07 Å².